The minimum absolute atomic E-state index is 0.0523. The fraction of sp³-hybridized carbons (Fsp3) is 0.688. The molecule has 2 saturated heterocycles. The molecule has 1 amide bonds. The number of nitrogens with one attached hydrogen (secondary N) is 1. The van der Waals surface area contributed by atoms with Crippen LogP contribution in [-0.2, 0) is 25.5 Å². The van der Waals surface area contributed by atoms with Crippen molar-refractivity contribution in [3.63, 3.8) is 0 Å². The van der Waals surface area contributed by atoms with Gasteiger partial charge in [0.1, 0.15) is 24.4 Å². The molecule has 9 unspecified atom stereocenters. The molecule has 6 N–H and O–H groups in total. The molecule has 3 heterocycles. The van der Waals surface area contributed by atoms with Gasteiger partial charge in [0.2, 0.25) is 17.9 Å². The van der Waals surface area contributed by atoms with Gasteiger partial charge in [-0.25, -0.2) is 0 Å². The first-order chi connectivity index (χ1) is 21.5. The zero-order valence-corrected chi connectivity index (χ0v) is 25.7. The molecule has 0 saturated carbocycles. The number of furan rings is 1. The van der Waals surface area contributed by atoms with Gasteiger partial charge >= 0.3 is 5.97 Å². The van der Waals surface area contributed by atoms with Crippen LogP contribution in [0.25, 0.3) is 11.0 Å². The molecule has 13 nitrogen and oxygen atoms in total. The first-order valence-electron chi connectivity index (χ1n) is 15.9. The average molecular weight is 634 g/mol. The molecule has 1 aromatic carbocycles. The van der Waals surface area contributed by atoms with Gasteiger partial charge < -0.3 is 54.2 Å². The Balaban J connectivity index is 1.52. The Labute approximate surface area is 260 Å². The topological polar surface area (TPSA) is 197 Å². The highest BCUT2D eigenvalue weighted by atomic mass is 16.7. The predicted octanol–water partition coefficient (Wildman–Crippen LogP) is 1.19. The summed E-state index contributed by atoms with van der Waals surface area (Å²) in [5.74, 6) is -0.928. The summed E-state index contributed by atoms with van der Waals surface area (Å²) < 4.78 is 30.0. The van der Waals surface area contributed by atoms with Crippen LogP contribution in [-0.4, -0.2) is 94.2 Å². The maximum absolute atomic E-state index is 13.2. The maximum atomic E-state index is 13.2. The second-order valence-electron chi connectivity index (χ2n) is 13.1. The Morgan fingerprint density at radius 1 is 1.09 bits per heavy atom. The van der Waals surface area contributed by atoms with Gasteiger partial charge in [0.15, 0.2) is 17.6 Å². The second-order valence-corrected chi connectivity index (χ2v) is 13.1. The van der Waals surface area contributed by atoms with Crippen molar-refractivity contribution in [3.8, 4) is 11.5 Å². The van der Waals surface area contributed by atoms with Gasteiger partial charge in [0.05, 0.1) is 25.4 Å². The number of aliphatic hydroxyl groups is 5. The first kappa shape index (κ1) is 32.0. The van der Waals surface area contributed by atoms with Crippen molar-refractivity contribution in [3.05, 3.63) is 23.0 Å². The Kier molecular flexibility index (Phi) is 9.03. The summed E-state index contributed by atoms with van der Waals surface area (Å²) in [4.78, 5) is 26.2. The lowest BCUT2D eigenvalue weighted by Crippen LogP contribution is -2.62. The van der Waals surface area contributed by atoms with Crippen molar-refractivity contribution in [1.29, 1.82) is 0 Å². The number of carbonyl (C=O) groups is 2. The monoisotopic (exact) mass is 633 g/mol. The highest BCUT2D eigenvalue weighted by Crippen LogP contribution is 2.57. The molecule has 2 aromatic rings. The molecule has 45 heavy (non-hydrogen) atoms. The van der Waals surface area contributed by atoms with Crippen molar-refractivity contribution in [2.45, 2.75) is 102 Å². The second kappa shape index (κ2) is 12.7. The fourth-order valence-electron chi connectivity index (χ4n) is 7.53. The molecule has 2 fully saturated rings. The summed E-state index contributed by atoms with van der Waals surface area (Å²) in [5, 5.41) is 55.3. The number of hydrogen-bond donors (Lipinski definition) is 6. The average Bonchev–Trinajstić information content (AvgIpc) is 3.55. The predicted molar refractivity (Wildman–Crippen MR) is 156 cm³/mol. The quantitative estimate of drug-likeness (QED) is 0.124. The van der Waals surface area contributed by atoms with Crippen LogP contribution in [0.15, 0.2) is 10.7 Å². The molecule has 0 radical (unpaired) electrons. The molecule has 9 atom stereocenters. The van der Waals surface area contributed by atoms with E-state index in [0.717, 1.165) is 22.9 Å². The molecule has 1 aromatic heterocycles. The number of fused-ring (bicyclic) bond motifs is 2. The van der Waals surface area contributed by atoms with E-state index in [0.29, 0.717) is 49.5 Å². The SMILES string of the molecule is CCOC(=O)C1Cc2c(OC3OC(C(O)O)C(O)C(O)C3O)c(OCCCC(C)C)c3occ4c3c2C(C1)CC1C(=O)NCC41. The Bertz CT molecular complexity index is 1420. The molecule has 2 aliphatic heterocycles. The van der Waals surface area contributed by atoms with Gasteiger partial charge in [0, 0.05) is 34.9 Å². The van der Waals surface area contributed by atoms with E-state index in [1.54, 1.807) is 13.2 Å². The number of esters is 1. The van der Waals surface area contributed by atoms with E-state index >= 15 is 0 Å². The number of hydrogen-bond acceptors (Lipinski definition) is 12. The first-order valence-corrected chi connectivity index (χ1v) is 15.9. The Morgan fingerprint density at radius 3 is 2.58 bits per heavy atom. The van der Waals surface area contributed by atoms with E-state index in [9.17, 15) is 35.1 Å². The number of aliphatic hydroxyl groups excluding tert-OH is 4. The summed E-state index contributed by atoms with van der Waals surface area (Å²) >= 11 is 0. The molecule has 0 bridgehead atoms. The van der Waals surface area contributed by atoms with Gasteiger partial charge in [-0.15, -0.1) is 0 Å². The van der Waals surface area contributed by atoms with Crippen molar-refractivity contribution in [2.75, 3.05) is 19.8 Å². The van der Waals surface area contributed by atoms with Crippen molar-refractivity contribution >= 4 is 22.8 Å². The molecular formula is C32H43NO12. The lowest BCUT2D eigenvalue weighted by molar-refractivity contribution is -0.310. The van der Waals surface area contributed by atoms with Crippen molar-refractivity contribution < 1.29 is 58.5 Å². The van der Waals surface area contributed by atoms with Crippen LogP contribution in [0.3, 0.4) is 0 Å². The summed E-state index contributed by atoms with van der Waals surface area (Å²) in [6.07, 6.45) is -6.51. The minimum atomic E-state index is -2.18. The molecule has 13 heteroatoms. The number of benzene rings is 1. The number of rotatable bonds is 10. The van der Waals surface area contributed by atoms with E-state index in [2.05, 4.69) is 19.2 Å². The van der Waals surface area contributed by atoms with Crippen molar-refractivity contribution in [2.24, 2.45) is 17.8 Å². The van der Waals surface area contributed by atoms with Crippen LogP contribution in [0.4, 0.5) is 0 Å². The van der Waals surface area contributed by atoms with Gasteiger partial charge in [-0.05, 0) is 56.4 Å². The smallest absolute Gasteiger partial charge is 0.309 e. The van der Waals surface area contributed by atoms with Crippen molar-refractivity contribution in [1.82, 2.24) is 5.32 Å². The summed E-state index contributed by atoms with van der Waals surface area (Å²) in [5.41, 5.74) is 2.74. The lowest BCUT2D eigenvalue weighted by atomic mass is 9.72. The lowest BCUT2D eigenvalue weighted by Gasteiger charge is -2.41. The highest BCUT2D eigenvalue weighted by molar-refractivity contribution is 5.97. The van der Waals surface area contributed by atoms with E-state index in [1.165, 1.54) is 0 Å². The standard InChI is InChI=1S/C32H43NO12/c1-4-41-31(40)15-8-14-9-16-18(11-33-29(16)37)19-12-43-26-21(19)20(14)17(10-15)25(28(26)42-7-5-6-13(2)3)44-32-24(36)22(34)23(35)27(45-32)30(38)39/h12-16,18,22-24,27,30,32,34-36,38-39H,4-11H2,1-3H3,(H,33,37). The fourth-order valence-corrected chi connectivity index (χ4v) is 7.53. The van der Waals surface area contributed by atoms with Crippen LogP contribution < -0.4 is 14.8 Å². The molecule has 4 aliphatic rings. The molecule has 0 spiro atoms. The van der Waals surface area contributed by atoms with Crippen LogP contribution in [0.2, 0.25) is 0 Å². The molecular weight excluding hydrogens is 590 g/mol. The van der Waals surface area contributed by atoms with E-state index in [4.69, 9.17) is 23.4 Å². The third-order valence-electron chi connectivity index (χ3n) is 9.71. The molecule has 2 aliphatic carbocycles. The van der Waals surface area contributed by atoms with Crippen LogP contribution in [0, 0.1) is 17.8 Å². The third-order valence-corrected chi connectivity index (χ3v) is 9.71. The van der Waals surface area contributed by atoms with Gasteiger partial charge in [-0.3, -0.25) is 9.59 Å². The van der Waals surface area contributed by atoms with E-state index < -0.39 is 42.9 Å². The number of carbonyl (C=O) groups excluding carboxylic acids is 2. The normalized spacial score (nSPS) is 32.4. The van der Waals surface area contributed by atoms with Crippen LogP contribution >= 0.6 is 0 Å². The van der Waals surface area contributed by atoms with E-state index in [-0.39, 0.29) is 54.2 Å². The summed E-state index contributed by atoms with van der Waals surface area (Å²) in [6.45, 7) is 6.90. The maximum Gasteiger partial charge on any atom is 0.309 e. The highest BCUT2D eigenvalue weighted by Gasteiger charge is 2.50. The van der Waals surface area contributed by atoms with Gasteiger partial charge in [0.25, 0.3) is 0 Å². The number of amides is 1. The number of ether oxygens (including phenoxy) is 4. The summed E-state index contributed by atoms with van der Waals surface area (Å²) in [7, 11) is 0. The zero-order chi connectivity index (χ0) is 32.2. The van der Waals surface area contributed by atoms with Crippen LogP contribution in [0.1, 0.15) is 75.0 Å². The largest absolute Gasteiger partial charge is 0.486 e. The van der Waals surface area contributed by atoms with E-state index in [1.807, 2.05) is 0 Å². The molecule has 248 valence electrons. The van der Waals surface area contributed by atoms with Crippen LogP contribution in [0.5, 0.6) is 11.5 Å². The summed E-state index contributed by atoms with van der Waals surface area (Å²) in [6, 6.07) is 0. The van der Waals surface area contributed by atoms with Gasteiger partial charge in [-0.1, -0.05) is 13.8 Å². The third kappa shape index (κ3) is 5.68. The zero-order valence-electron chi connectivity index (χ0n) is 25.7. The minimum Gasteiger partial charge on any atom is -0.486 e. The Morgan fingerprint density at radius 2 is 1.87 bits per heavy atom. The molecule has 6 rings (SSSR count). The van der Waals surface area contributed by atoms with Gasteiger partial charge in [-0.2, -0.15) is 0 Å². The Hall–Kier alpha value is -2.94.